The smallest absolute Gasteiger partial charge is 0.338 e. The summed E-state index contributed by atoms with van der Waals surface area (Å²) in [5.41, 5.74) is 0.262. The molecule has 0 spiro atoms. The number of aliphatic hydroxyl groups excluding tert-OH is 4. The number of alkyl halides is 1. The van der Waals surface area contributed by atoms with E-state index in [2.05, 4.69) is 15.9 Å². The van der Waals surface area contributed by atoms with Gasteiger partial charge in [-0.15, -0.1) is 0 Å². The van der Waals surface area contributed by atoms with Gasteiger partial charge in [0.15, 0.2) is 29.4 Å². The summed E-state index contributed by atoms with van der Waals surface area (Å²) in [7, 11) is 0. The lowest BCUT2D eigenvalue weighted by Crippen LogP contribution is -2.66. The summed E-state index contributed by atoms with van der Waals surface area (Å²) in [4.78, 5) is 54.2. The molecule has 9 atom stereocenters. The number of carbonyl (C=O) groups is 4. The van der Waals surface area contributed by atoms with E-state index in [1.807, 2.05) is 0 Å². The Morgan fingerprint density at radius 2 is 0.923 bits per heavy atom. The number of rotatable bonds is 13. The summed E-state index contributed by atoms with van der Waals surface area (Å²) in [6.07, 6.45) is -15.1. The second-order valence-corrected chi connectivity index (χ2v) is 12.5. The second-order valence-electron chi connectivity index (χ2n) is 11.6. The Bertz CT molecular complexity index is 1780. The third-order valence-corrected chi connectivity index (χ3v) is 8.86. The minimum atomic E-state index is -2.20. The van der Waals surface area contributed by atoms with Crippen molar-refractivity contribution in [3.63, 3.8) is 0 Å². The molecule has 4 aromatic rings. The van der Waals surface area contributed by atoms with Gasteiger partial charge in [0, 0.05) is 0 Å². The van der Waals surface area contributed by atoms with E-state index in [0.29, 0.717) is 0 Å². The van der Waals surface area contributed by atoms with Crippen molar-refractivity contribution in [1.82, 2.24) is 0 Å². The first kappa shape index (κ1) is 38.3. The monoisotopic (exact) mass is 778 g/mol. The molecule has 52 heavy (non-hydrogen) atoms. The van der Waals surface area contributed by atoms with Crippen LogP contribution in [0.4, 0.5) is 0 Å². The van der Waals surface area contributed by atoms with Crippen molar-refractivity contribution >= 4 is 39.8 Å². The number of benzene rings is 4. The van der Waals surface area contributed by atoms with E-state index in [1.165, 1.54) is 48.5 Å². The van der Waals surface area contributed by atoms with Gasteiger partial charge in [-0.1, -0.05) is 88.7 Å². The zero-order valence-electron chi connectivity index (χ0n) is 27.3. The van der Waals surface area contributed by atoms with E-state index in [9.17, 15) is 39.6 Å². The molecule has 13 nitrogen and oxygen atoms in total. The van der Waals surface area contributed by atoms with Gasteiger partial charge in [0.1, 0.15) is 24.4 Å². The summed E-state index contributed by atoms with van der Waals surface area (Å²) < 4.78 is 29.6. The van der Waals surface area contributed by atoms with Crippen LogP contribution in [-0.2, 0) is 23.7 Å². The van der Waals surface area contributed by atoms with Crippen molar-refractivity contribution in [2.24, 2.45) is 0 Å². The van der Waals surface area contributed by atoms with Crippen molar-refractivity contribution < 1.29 is 63.3 Å². The number of carbonyl (C=O) groups excluding carboxylic acids is 4. The Kier molecular flexibility index (Phi) is 13.2. The standard InChI is InChI=1S/C38H35BrO13/c39-34-33(52-38(47)25-19-11-4-12-20-25)32(51-37(46)24-17-9-3-10-18-24)31(50-36(45)23-15-7-2-8-16-23)30(48-34)29(28(43)27(42)26(41)21-40)49-35(44)22-13-5-1-6-14-22/h1-20,26-34,40-43H,21H2/t26-,27-,28+,29+,30-,31-,32+,33-,34+/m1/s1. The molecule has 1 heterocycles. The molecule has 0 aromatic heterocycles. The third kappa shape index (κ3) is 9.28. The lowest BCUT2D eigenvalue weighted by molar-refractivity contribution is -0.238. The highest BCUT2D eigenvalue weighted by molar-refractivity contribution is 9.09. The first-order valence-electron chi connectivity index (χ1n) is 16.1. The minimum Gasteiger partial charge on any atom is -0.453 e. The van der Waals surface area contributed by atoms with Gasteiger partial charge in [-0.05, 0) is 48.5 Å². The molecule has 1 aliphatic rings. The van der Waals surface area contributed by atoms with Gasteiger partial charge >= 0.3 is 23.9 Å². The zero-order valence-corrected chi connectivity index (χ0v) is 28.9. The summed E-state index contributed by atoms with van der Waals surface area (Å²) in [5.74, 6) is -3.78. The van der Waals surface area contributed by atoms with E-state index >= 15 is 0 Å². The molecule has 1 aliphatic heterocycles. The molecule has 0 bridgehead atoms. The van der Waals surface area contributed by atoms with Crippen LogP contribution >= 0.6 is 15.9 Å². The van der Waals surface area contributed by atoms with Crippen LogP contribution in [0.15, 0.2) is 121 Å². The molecule has 0 unspecified atom stereocenters. The van der Waals surface area contributed by atoms with Crippen LogP contribution in [0.2, 0.25) is 0 Å². The Morgan fingerprint density at radius 3 is 1.33 bits per heavy atom. The van der Waals surface area contributed by atoms with Gasteiger partial charge in [0.05, 0.1) is 28.9 Å². The van der Waals surface area contributed by atoms with Gasteiger partial charge in [-0.3, -0.25) is 0 Å². The number of aliphatic hydroxyl groups is 4. The maximum atomic E-state index is 13.7. The lowest BCUT2D eigenvalue weighted by Gasteiger charge is -2.46. The maximum absolute atomic E-state index is 13.7. The quantitative estimate of drug-likeness (QED) is 0.0880. The highest BCUT2D eigenvalue weighted by Crippen LogP contribution is 2.36. The van der Waals surface area contributed by atoms with E-state index < -0.39 is 84.3 Å². The van der Waals surface area contributed by atoms with Crippen LogP contribution in [0.1, 0.15) is 41.4 Å². The van der Waals surface area contributed by atoms with Crippen molar-refractivity contribution in [3.05, 3.63) is 144 Å². The maximum Gasteiger partial charge on any atom is 0.338 e. The molecule has 272 valence electrons. The fourth-order valence-corrected chi connectivity index (χ4v) is 6.06. The van der Waals surface area contributed by atoms with E-state index in [1.54, 1.807) is 72.8 Å². The number of hydrogen-bond donors (Lipinski definition) is 4. The van der Waals surface area contributed by atoms with Crippen LogP contribution in [0, 0.1) is 0 Å². The second kappa shape index (κ2) is 18.0. The predicted octanol–water partition coefficient (Wildman–Crippen LogP) is 3.08. The van der Waals surface area contributed by atoms with Crippen LogP contribution in [0.3, 0.4) is 0 Å². The Hall–Kier alpha value is -4.96. The van der Waals surface area contributed by atoms with E-state index in [0.717, 1.165) is 0 Å². The zero-order chi connectivity index (χ0) is 37.2. The summed E-state index contributed by atoms with van der Waals surface area (Å²) in [5, 5.41) is 40.8. The van der Waals surface area contributed by atoms with Gasteiger partial charge in [0.25, 0.3) is 0 Å². The average Bonchev–Trinajstić information content (AvgIpc) is 3.19. The van der Waals surface area contributed by atoms with Crippen LogP contribution in [0.5, 0.6) is 0 Å². The Labute approximate surface area is 306 Å². The highest BCUT2D eigenvalue weighted by Gasteiger charge is 2.57. The minimum absolute atomic E-state index is 0.0163. The Morgan fingerprint density at radius 1 is 0.558 bits per heavy atom. The topological polar surface area (TPSA) is 195 Å². The molecular formula is C38H35BrO13. The first-order chi connectivity index (χ1) is 25.1. The van der Waals surface area contributed by atoms with Crippen molar-refractivity contribution in [2.45, 2.75) is 53.8 Å². The predicted molar refractivity (Wildman–Crippen MR) is 185 cm³/mol. The normalized spacial score (nSPS) is 22.1. The largest absolute Gasteiger partial charge is 0.453 e. The number of hydrogen-bond acceptors (Lipinski definition) is 13. The molecule has 1 saturated heterocycles. The van der Waals surface area contributed by atoms with Crippen molar-refractivity contribution in [1.29, 1.82) is 0 Å². The van der Waals surface area contributed by atoms with Crippen molar-refractivity contribution in [2.75, 3.05) is 6.61 Å². The van der Waals surface area contributed by atoms with E-state index in [-0.39, 0.29) is 22.3 Å². The SMILES string of the molecule is O=C(O[C@H]1[C@H](OC(=O)c2ccccc2)[C@@H](OC(=O)c2ccccc2)[C@@H](Br)O[C@@H]1[C@@H](OC(=O)c1ccccc1)[C@@H](O)[C@H](O)[C@H](O)CO)c1ccccc1. The fraction of sp³-hybridized carbons (Fsp3) is 0.263. The van der Waals surface area contributed by atoms with Crippen LogP contribution in [0.25, 0.3) is 0 Å². The van der Waals surface area contributed by atoms with Gasteiger partial charge in [0.2, 0.25) is 0 Å². The highest BCUT2D eigenvalue weighted by atomic mass is 79.9. The van der Waals surface area contributed by atoms with Crippen molar-refractivity contribution in [3.8, 4) is 0 Å². The van der Waals surface area contributed by atoms with Gasteiger partial charge < -0.3 is 44.1 Å². The molecule has 1 fully saturated rings. The summed E-state index contributed by atoms with van der Waals surface area (Å²) >= 11 is 3.32. The number of halogens is 1. The number of esters is 4. The van der Waals surface area contributed by atoms with Crippen LogP contribution in [-0.4, -0.2) is 105 Å². The third-order valence-electron chi connectivity index (χ3n) is 8.12. The van der Waals surface area contributed by atoms with Gasteiger partial charge in [-0.25, -0.2) is 19.2 Å². The summed E-state index contributed by atoms with van der Waals surface area (Å²) in [6, 6.07) is 30.9. The summed E-state index contributed by atoms with van der Waals surface area (Å²) in [6.45, 7) is -0.995. The molecular weight excluding hydrogens is 744 g/mol. The van der Waals surface area contributed by atoms with Gasteiger partial charge in [-0.2, -0.15) is 0 Å². The Balaban J connectivity index is 1.62. The first-order valence-corrected chi connectivity index (χ1v) is 17.0. The molecule has 0 radical (unpaired) electrons. The number of ether oxygens (including phenoxy) is 5. The van der Waals surface area contributed by atoms with Crippen LogP contribution < -0.4 is 0 Å². The average molecular weight is 780 g/mol. The molecule has 4 aromatic carbocycles. The molecule has 0 aliphatic carbocycles. The van der Waals surface area contributed by atoms with E-state index in [4.69, 9.17) is 23.7 Å². The fourth-order valence-electron chi connectivity index (χ4n) is 5.41. The molecule has 4 N–H and O–H groups in total. The molecule has 14 heteroatoms. The molecule has 0 amide bonds. The lowest BCUT2D eigenvalue weighted by atomic mass is 9.90. The molecule has 5 rings (SSSR count). The molecule has 0 saturated carbocycles.